The van der Waals surface area contributed by atoms with E-state index in [1.54, 1.807) is 12.1 Å². The smallest absolute Gasteiger partial charge is 0.151 e. The minimum atomic E-state index is -0.746. The molecule has 4 nitrogen and oxygen atoms in total. The van der Waals surface area contributed by atoms with Gasteiger partial charge in [-0.05, 0) is 30.7 Å². The van der Waals surface area contributed by atoms with Crippen molar-refractivity contribution in [1.29, 1.82) is 0 Å². The number of nitrogens with one attached hydrogen (secondary N) is 1. The van der Waals surface area contributed by atoms with Gasteiger partial charge >= 0.3 is 0 Å². The highest BCUT2D eigenvalue weighted by Gasteiger charge is 2.03. The summed E-state index contributed by atoms with van der Waals surface area (Å²) in [4.78, 5) is 0. The summed E-state index contributed by atoms with van der Waals surface area (Å²) in [7, 11) is 0. The zero-order valence-corrected chi connectivity index (χ0v) is 12.0. The Bertz CT molecular complexity index is 675. The molecule has 0 saturated heterocycles. The highest BCUT2D eigenvalue weighted by atomic mass is 19.1. The van der Waals surface area contributed by atoms with Crippen LogP contribution < -0.4 is 10.2 Å². The van der Waals surface area contributed by atoms with Crippen molar-refractivity contribution >= 4 is 11.9 Å². The molecule has 0 unspecified atom stereocenters. The maximum absolute atomic E-state index is 13.4. The van der Waals surface area contributed by atoms with Crippen LogP contribution in [0.5, 0.6) is 11.5 Å². The summed E-state index contributed by atoms with van der Waals surface area (Å²) in [5.74, 6) is -0.843. The number of halogens is 2. The lowest BCUT2D eigenvalue weighted by Gasteiger charge is -2.06. The van der Waals surface area contributed by atoms with Crippen molar-refractivity contribution in [3.63, 3.8) is 0 Å². The minimum absolute atomic E-state index is 0.00117. The lowest BCUT2D eigenvalue weighted by atomic mass is 10.2. The van der Waals surface area contributed by atoms with Crippen LogP contribution in [-0.4, -0.2) is 17.9 Å². The number of hydrazone groups is 1. The van der Waals surface area contributed by atoms with Crippen LogP contribution in [-0.2, 0) is 0 Å². The molecule has 2 aromatic rings. The van der Waals surface area contributed by atoms with E-state index in [0.29, 0.717) is 17.9 Å². The summed E-state index contributed by atoms with van der Waals surface area (Å²) < 4.78 is 31.5. The monoisotopic (exact) mass is 306 g/mol. The van der Waals surface area contributed by atoms with Gasteiger partial charge in [0.25, 0.3) is 0 Å². The summed E-state index contributed by atoms with van der Waals surface area (Å²) in [6.45, 7) is 2.55. The molecule has 0 atom stereocenters. The Morgan fingerprint density at radius 1 is 1.23 bits per heavy atom. The fourth-order valence-corrected chi connectivity index (χ4v) is 1.69. The fourth-order valence-electron chi connectivity index (χ4n) is 1.69. The number of anilines is 1. The van der Waals surface area contributed by atoms with Crippen LogP contribution in [0.3, 0.4) is 0 Å². The third-order valence-corrected chi connectivity index (χ3v) is 2.79. The van der Waals surface area contributed by atoms with Gasteiger partial charge < -0.3 is 9.84 Å². The molecular formula is C16H16F2N2O2. The Kier molecular flexibility index (Phi) is 5.30. The molecule has 22 heavy (non-hydrogen) atoms. The van der Waals surface area contributed by atoms with E-state index in [1.165, 1.54) is 18.3 Å². The van der Waals surface area contributed by atoms with Crippen LogP contribution in [0.2, 0.25) is 0 Å². The van der Waals surface area contributed by atoms with E-state index in [1.807, 2.05) is 6.92 Å². The first kappa shape index (κ1) is 15.8. The quantitative estimate of drug-likeness (QED) is 0.628. The van der Waals surface area contributed by atoms with Gasteiger partial charge in [-0.15, -0.1) is 0 Å². The molecular weight excluding hydrogens is 290 g/mol. The molecule has 6 heteroatoms. The van der Waals surface area contributed by atoms with E-state index >= 15 is 0 Å². The van der Waals surface area contributed by atoms with Gasteiger partial charge in [0.2, 0.25) is 0 Å². The molecule has 0 spiro atoms. The van der Waals surface area contributed by atoms with Crippen molar-refractivity contribution in [2.45, 2.75) is 13.3 Å². The Balaban J connectivity index is 2.03. The molecule has 0 aliphatic heterocycles. The van der Waals surface area contributed by atoms with Crippen molar-refractivity contribution < 1.29 is 18.6 Å². The predicted molar refractivity (Wildman–Crippen MR) is 81.5 cm³/mol. The van der Waals surface area contributed by atoms with Crippen molar-refractivity contribution in [3.05, 3.63) is 53.6 Å². The molecule has 2 aromatic carbocycles. The lowest BCUT2D eigenvalue weighted by molar-refractivity contribution is 0.315. The SMILES string of the molecule is CCCOc1ccc(/C=N/Nc2ccc(F)cc2F)c(O)c1. The fraction of sp³-hybridized carbons (Fsp3) is 0.188. The van der Waals surface area contributed by atoms with Crippen LogP contribution in [0, 0.1) is 11.6 Å². The second kappa shape index (κ2) is 7.40. The lowest BCUT2D eigenvalue weighted by Crippen LogP contribution is -1.96. The van der Waals surface area contributed by atoms with Gasteiger partial charge in [0, 0.05) is 17.7 Å². The summed E-state index contributed by atoms with van der Waals surface area (Å²) >= 11 is 0. The molecule has 0 aromatic heterocycles. The van der Waals surface area contributed by atoms with Crippen LogP contribution in [0.25, 0.3) is 0 Å². The number of hydrogen-bond donors (Lipinski definition) is 2. The van der Waals surface area contributed by atoms with E-state index in [2.05, 4.69) is 10.5 Å². The van der Waals surface area contributed by atoms with E-state index in [9.17, 15) is 13.9 Å². The van der Waals surface area contributed by atoms with Crippen molar-refractivity contribution in [2.24, 2.45) is 5.10 Å². The third kappa shape index (κ3) is 4.18. The van der Waals surface area contributed by atoms with Gasteiger partial charge in [0.05, 0.1) is 18.5 Å². The van der Waals surface area contributed by atoms with E-state index < -0.39 is 11.6 Å². The van der Waals surface area contributed by atoms with Gasteiger partial charge in [0.15, 0.2) is 5.82 Å². The number of hydrogen-bond acceptors (Lipinski definition) is 4. The van der Waals surface area contributed by atoms with Crippen LogP contribution in [0.15, 0.2) is 41.5 Å². The van der Waals surface area contributed by atoms with Crippen molar-refractivity contribution in [3.8, 4) is 11.5 Å². The molecule has 0 radical (unpaired) electrons. The standard InChI is InChI=1S/C16H16F2N2O2/c1-2-7-22-13-5-3-11(16(21)9-13)10-19-20-15-6-4-12(17)8-14(15)18/h3-6,8-10,20-21H,2,7H2,1H3/b19-10+. The largest absolute Gasteiger partial charge is 0.507 e. The van der Waals surface area contributed by atoms with Crippen molar-refractivity contribution in [2.75, 3.05) is 12.0 Å². The van der Waals surface area contributed by atoms with Gasteiger partial charge in [-0.2, -0.15) is 5.10 Å². The molecule has 0 fully saturated rings. The Labute approximate surface area is 127 Å². The van der Waals surface area contributed by atoms with Crippen LogP contribution in [0.1, 0.15) is 18.9 Å². The number of ether oxygens (including phenoxy) is 1. The normalized spacial score (nSPS) is 10.9. The number of phenols is 1. The van der Waals surface area contributed by atoms with Gasteiger partial charge in [0.1, 0.15) is 17.3 Å². The summed E-state index contributed by atoms with van der Waals surface area (Å²) in [5.41, 5.74) is 2.94. The first-order valence-corrected chi connectivity index (χ1v) is 6.80. The van der Waals surface area contributed by atoms with E-state index in [-0.39, 0.29) is 11.4 Å². The molecule has 2 rings (SSSR count). The molecule has 0 saturated carbocycles. The number of aromatic hydroxyl groups is 1. The average Bonchev–Trinajstić information content (AvgIpc) is 2.49. The summed E-state index contributed by atoms with van der Waals surface area (Å²) in [6.07, 6.45) is 2.21. The highest BCUT2D eigenvalue weighted by Crippen LogP contribution is 2.22. The summed E-state index contributed by atoms with van der Waals surface area (Å²) in [5, 5.41) is 13.7. The molecule has 2 N–H and O–H groups in total. The zero-order chi connectivity index (χ0) is 15.9. The first-order chi connectivity index (χ1) is 10.6. The number of phenolic OH excluding ortho intramolecular Hbond substituents is 1. The Morgan fingerprint density at radius 3 is 2.73 bits per heavy atom. The van der Waals surface area contributed by atoms with Crippen LogP contribution >= 0.6 is 0 Å². The van der Waals surface area contributed by atoms with E-state index in [4.69, 9.17) is 4.74 Å². The Hall–Kier alpha value is -2.63. The molecule has 116 valence electrons. The number of nitrogens with zero attached hydrogens (tertiary/aromatic N) is 1. The second-order valence-electron chi connectivity index (χ2n) is 4.56. The van der Waals surface area contributed by atoms with Gasteiger partial charge in [-0.25, -0.2) is 8.78 Å². The maximum Gasteiger partial charge on any atom is 0.151 e. The Morgan fingerprint density at radius 2 is 2.05 bits per heavy atom. The summed E-state index contributed by atoms with van der Waals surface area (Å²) in [6, 6.07) is 7.94. The minimum Gasteiger partial charge on any atom is -0.507 e. The van der Waals surface area contributed by atoms with Crippen molar-refractivity contribution in [1.82, 2.24) is 0 Å². The first-order valence-electron chi connectivity index (χ1n) is 6.80. The highest BCUT2D eigenvalue weighted by molar-refractivity contribution is 5.84. The van der Waals surface area contributed by atoms with Gasteiger partial charge in [-0.1, -0.05) is 6.92 Å². The number of rotatable bonds is 6. The molecule has 0 aliphatic rings. The zero-order valence-electron chi connectivity index (χ0n) is 12.0. The number of benzene rings is 2. The second-order valence-corrected chi connectivity index (χ2v) is 4.56. The average molecular weight is 306 g/mol. The third-order valence-electron chi connectivity index (χ3n) is 2.79. The van der Waals surface area contributed by atoms with E-state index in [0.717, 1.165) is 18.6 Å². The molecule has 0 bridgehead atoms. The van der Waals surface area contributed by atoms with Gasteiger partial charge in [-0.3, -0.25) is 5.43 Å². The maximum atomic E-state index is 13.4. The molecule has 0 aliphatic carbocycles. The predicted octanol–water partition coefficient (Wildman–Crippen LogP) is 3.91. The van der Waals surface area contributed by atoms with Crippen LogP contribution in [0.4, 0.5) is 14.5 Å². The molecule has 0 amide bonds. The topological polar surface area (TPSA) is 53.8 Å². The molecule has 0 heterocycles.